The zero-order valence-electron chi connectivity index (χ0n) is 11.3. The molecule has 0 aliphatic carbocycles. The Morgan fingerprint density at radius 3 is 2.83 bits per heavy atom. The van der Waals surface area contributed by atoms with Gasteiger partial charge in [0, 0.05) is 20.2 Å². The Morgan fingerprint density at radius 2 is 2.33 bits per heavy atom. The second-order valence-corrected chi connectivity index (χ2v) is 5.00. The number of carbonyl (C=O) groups excluding carboxylic acids is 1. The molecular formula is C12H23N3O3. The average Bonchev–Trinajstić information content (AvgIpc) is 2.39. The predicted molar refractivity (Wildman–Crippen MR) is 68.4 cm³/mol. The van der Waals surface area contributed by atoms with Crippen LogP contribution in [0.1, 0.15) is 33.1 Å². The number of piperidine rings is 1. The van der Waals surface area contributed by atoms with Gasteiger partial charge in [0.25, 0.3) is 0 Å². The van der Waals surface area contributed by atoms with Gasteiger partial charge < -0.3 is 20.6 Å². The summed E-state index contributed by atoms with van der Waals surface area (Å²) in [6, 6.07) is 0. The van der Waals surface area contributed by atoms with Gasteiger partial charge in [-0.3, -0.25) is 4.79 Å². The summed E-state index contributed by atoms with van der Waals surface area (Å²) in [5.74, 6) is -0.655. The van der Waals surface area contributed by atoms with Gasteiger partial charge in [0.05, 0.1) is 11.5 Å². The maximum Gasteiger partial charge on any atom is 0.233 e. The number of nitrogens with two attached hydrogens (primary N) is 1. The molecule has 6 nitrogen and oxygen atoms in total. The lowest BCUT2D eigenvalue weighted by molar-refractivity contribution is -0.141. The highest BCUT2D eigenvalue weighted by Gasteiger charge is 2.36. The molecule has 1 rings (SSSR count). The highest BCUT2D eigenvalue weighted by atomic mass is 16.5. The molecule has 2 atom stereocenters. The molecule has 0 spiro atoms. The Hall–Kier alpha value is -1.30. The third kappa shape index (κ3) is 3.13. The van der Waals surface area contributed by atoms with Gasteiger partial charge in [-0.25, -0.2) is 0 Å². The molecule has 3 N–H and O–H groups in total. The molecule has 0 aromatic heterocycles. The molecule has 104 valence electrons. The summed E-state index contributed by atoms with van der Waals surface area (Å²) in [5.41, 5.74) is 5.26. The van der Waals surface area contributed by atoms with Crippen molar-refractivity contribution in [1.29, 1.82) is 0 Å². The van der Waals surface area contributed by atoms with Crippen LogP contribution < -0.4 is 5.73 Å². The summed E-state index contributed by atoms with van der Waals surface area (Å²) < 4.78 is 5.45. The van der Waals surface area contributed by atoms with E-state index in [0.29, 0.717) is 19.5 Å². The fourth-order valence-electron chi connectivity index (χ4n) is 2.36. The number of ether oxygens (including phenoxy) is 1. The zero-order valence-corrected chi connectivity index (χ0v) is 11.3. The van der Waals surface area contributed by atoms with Crippen LogP contribution in [0, 0.1) is 5.92 Å². The fraction of sp³-hybridized carbons (Fsp3) is 0.833. The number of hydrogen-bond acceptors (Lipinski definition) is 4. The van der Waals surface area contributed by atoms with E-state index < -0.39 is 5.92 Å². The number of hydrogen-bond donors (Lipinski definition) is 2. The third-order valence-corrected chi connectivity index (χ3v) is 3.64. The van der Waals surface area contributed by atoms with Crippen molar-refractivity contribution in [3.8, 4) is 0 Å². The third-order valence-electron chi connectivity index (χ3n) is 3.64. The molecule has 1 aliphatic heterocycles. The van der Waals surface area contributed by atoms with Crippen molar-refractivity contribution in [2.24, 2.45) is 16.8 Å². The van der Waals surface area contributed by atoms with E-state index in [0.717, 1.165) is 12.8 Å². The van der Waals surface area contributed by atoms with Crippen molar-refractivity contribution in [2.75, 3.05) is 20.2 Å². The van der Waals surface area contributed by atoms with Gasteiger partial charge in [-0.15, -0.1) is 0 Å². The molecule has 18 heavy (non-hydrogen) atoms. The first-order chi connectivity index (χ1) is 8.47. The first-order valence-corrected chi connectivity index (χ1v) is 6.28. The second kappa shape index (κ2) is 6.04. The Labute approximate surface area is 108 Å². The minimum Gasteiger partial charge on any atom is -0.409 e. The van der Waals surface area contributed by atoms with E-state index in [-0.39, 0.29) is 17.3 Å². The summed E-state index contributed by atoms with van der Waals surface area (Å²) in [6.07, 6.45) is 2.37. The molecule has 0 radical (unpaired) electrons. The number of carbonyl (C=O) groups is 1. The highest BCUT2D eigenvalue weighted by molar-refractivity contribution is 6.02. The molecule has 0 aromatic rings. The number of amides is 1. The molecule has 1 heterocycles. The van der Waals surface area contributed by atoms with Crippen molar-refractivity contribution in [1.82, 2.24) is 4.90 Å². The standard InChI is InChI=1S/C12H23N3O3/c1-4-9(10(13)14-17)11(16)15-7-5-6-12(2,8-15)18-3/h9,17H,4-8H2,1-3H3,(H2,13,14). The second-order valence-electron chi connectivity index (χ2n) is 5.00. The molecule has 2 unspecified atom stereocenters. The van der Waals surface area contributed by atoms with Crippen LogP contribution in [-0.2, 0) is 9.53 Å². The SMILES string of the molecule is CCC(C(=O)N1CCCC(C)(OC)C1)C(N)=NO. The minimum absolute atomic E-state index is 0.0211. The van der Waals surface area contributed by atoms with Crippen molar-refractivity contribution in [2.45, 2.75) is 38.7 Å². The van der Waals surface area contributed by atoms with Gasteiger partial charge >= 0.3 is 0 Å². The van der Waals surface area contributed by atoms with Crippen molar-refractivity contribution >= 4 is 11.7 Å². The maximum atomic E-state index is 12.3. The smallest absolute Gasteiger partial charge is 0.233 e. The summed E-state index contributed by atoms with van der Waals surface area (Å²) in [4.78, 5) is 14.1. The Kier molecular flexibility index (Phi) is 4.95. The minimum atomic E-state index is -0.547. The van der Waals surface area contributed by atoms with E-state index in [1.54, 1.807) is 12.0 Å². The first kappa shape index (κ1) is 14.8. The Bertz CT molecular complexity index is 333. The number of methoxy groups -OCH3 is 1. The van der Waals surface area contributed by atoms with Gasteiger partial charge in [-0.2, -0.15) is 0 Å². The number of oxime groups is 1. The van der Waals surface area contributed by atoms with Crippen LogP contribution >= 0.6 is 0 Å². The van der Waals surface area contributed by atoms with Crippen LogP contribution in [0.25, 0.3) is 0 Å². The van der Waals surface area contributed by atoms with E-state index in [1.165, 1.54) is 0 Å². The summed E-state index contributed by atoms with van der Waals surface area (Å²) in [5, 5.41) is 11.6. The van der Waals surface area contributed by atoms with Gasteiger partial charge in [0.1, 0.15) is 0 Å². The Balaban J connectivity index is 2.77. The lowest BCUT2D eigenvalue weighted by Crippen LogP contribution is -2.52. The molecule has 1 saturated heterocycles. The van der Waals surface area contributed by atoms with Gasteiger partial charge in [-0.05, 0) is 26.2 Å². The van der Waals surface area contributed by atoms with Crippen LogP contribution in [0.2, 0.25) is 0 Å². The molecule has 0 aromatic carbocycles. The maximum absolute atomic E-state index is 12.3. The number of likely N-dealkylation sites (tertiary alicyclic amines) is 1. The van der Waals surface area contributed by atoms with E-state index >= 15 is 0 Å². The molecule has 1 fully saturated rings. The van der Waals surface area contributed by atoms with Crippen LogP contribution in [0.15, 0.2) is 5.16 Å². The molecule has 0 bridgehead atoms. The monoisotopic (exact) mass is 257 g/mol. The van der Waals surface area contributed by atoms with E-state index in [2.05, 4.69) is 5.16 Å². The van der Waals surface area contributed by atoms with Gasteiger partial charge in [-0.1, -0.05) is 12.1 Å². The van der Waals surface area contributed by atoms with Crippen LogP contribution in [0.4, 0.5) is 0 Å². The first-order valence-electron chi connectivity index (χ1n) is 6.28. The van der Waals surface area contributed by atoms with E-state index in [1.807, 2.05) is 13.8 Å². The lowest BCUT2D eigenvalue weighted by Gasteiger charge is -2.40. The number of amidine groups is 1. The average molecular weight is 257 g/mol. The number of nitrogens with zero attached hydrogens (tertiary/aromatic N) is 2. The van der Waals surface area contributed by atoms with Crippen molar-refractivity contribution < 1.29 is 14.7 Å². The van der Waals surface area contributed by atoms with Crippen molar-refractivity contribution in [3.05, 3.63) is 0 Å². The fourth-order valence-corrected chi connectivity index (χ4v) is 2.36. The number of rotatable bonds is 4. The van der Waals surface area contributed by atoms with Crippen molar-refractivity contribution in [3.63, 3.8) is 0 Å². The lowest BCUT2D eigenvalue weighted by atomic mass is 9.93. The van der Waals surface area contributed by atoms with E-state index in [4.69, 9.17) is 15.7 Å². The topological polar surface area (TPSA) is 88.2 Å². The largest absolute Gasteiger partial charge is 0.409 e. The molecule has 1 aliphatic rings. The summed E-state index contributed by atoms with van der Waals surface area (Å²) in [7, 11) is 1.66. The molecular weight excluding hydrogens is 234 g/mol. The van der Waals surface area contributed by atoms with Crippen LogP contribution in [-0.4, -0.2) is 47.7 Å². The highest BCUT2D eigenvalue weighted by Crippen LogP contribution is 2.25. The predicted octanol–water partition coefficient (Wildman–Crippen LogP) is 0.787. The quantitative estimate of drug-likeness (QED) is 0.337. The summed E-state index contributed by atoms with van der Waals surface area (Å²) >= 11 is 0. The molecule has 1 amide bonds. The molecule has 0 saturated carbocycles. The van der Waals surface area contributed by atoms with E-state index in [9.17, 15) is 4.79 Å². The van der Waals surface area contributed by atoms with Gasteiger partial charge in [0.15, 0.2) is 5.84 Å². The summed E-state index contributed by atoms with van der Waals surface area (Å²) in [6.45, 7) is 5.10. The van der Waals surface area contributed by atoms with Crippen LogP contribution in [0.3, 0.4) is 0 Å². The Morgan fingerprint density at radius 1 is 1.67 bits per heavy atom. The van der Waals surface area contributed by atoms with Crippen LogP contribution in [0.5, 0.6) is 0 Å². The zero-order chi connectivity index (χ0) is 13.8. The van der Waals surface area contributed by atoms with Gasteiger partial charge in [0.2, 0.25) is 5.91 Å². The normalized spacial score (nSPS) is 27.1. The molecule has 6 heteroatoms.